The van der Waals surface area contributed by atoms with E-state index >= 15 is 0 Å². The molecule has 184 valence electrons. The third kappa shape index (κ3) is 5.48. The van der Waals surface area contributed by atoms with Crippen molar-refractivity contribution in [1.29, 1.82) is 0 Å². The van der Waals surface area contributed by atoms with Gasteiger partial charge in [-0.15, -0.1) is 0 Å². The molecule has 11 heteroatoms. The third-order valence-corrected chi connectivity index (χ3v) is 7.65. The Bertz CT molecular complexity index is 1090. The lowest BCUT2D eigenvalue weighted by molar-refractivity contribution is -0.547. The molecule has 0 aromatic heterocycles. The zero-order valence-corrected chi connectivity index (χ0v) is 20.5. The molecule has 2 aromatic carbocycles. The van der Waals surface area contributed by atoms with Gasteiger partial charge in [0.05, 0.1) is 4.90 Å². The average molecular weight is 490 g/mol. The predicted octanol–water partition coefficient (Wildman–Crippen LogP) is 2.98. The molecule has 0 spiro atoms. The Morgan fingerprint density at radius 3 is 2.35 bits per heavy atom. The summed E-state index contributed by atoms with van der Waals surface area (Å²) in [7, 11) is -2.70. The largest absolute Gasteiger partial charge is 0.597 e. The van der Waals surface area contributed by atoms with Crippen LogP contribution in [0.15, 0.2) is 64.8 Å². The molecule has 10 nitrogen and oxygen atoms in total. The summed E-state index contributed by atoms with van der Waals surface area (Å²) in [5.41, 5.74) is 1.65. The van der Waals surface area contributed by atoms with Crippen LogP contribution in [0, 0.1) is 5.21 Å². The first-order chi connectivity index (χ1) is 16.3. The van der Waals surface area contributed by atoms with Gasteiger partial charge in [-0.1, -0.05) is 30.3 Å². The highest BCUT2D eigenvalue weighted by Crippen LogP contribution is 2.35. The molecule has 2 aromatic rings. The van der Waals surface area contributed by atoms with E-state index < -0.39 is 28.6 Å². The number of hydrogen-bond acceptors (Lipinski definition) is 7. The average Bonchev–Trinajstić information content (AvgIpc) is 2.85. The summed E-state index contributed by atoms with van der Waals surface area (Å²) in [6.07, 6.45) is -0.459. The first kappa shape index (κ1) is 25.4. The molecule has 1 unspecified atom stereocenters. The van der Waals surface area contributed by atoms with Gasteiger partial charge in [0.1, 0.15) is 13.3 Å². The fourth-order valence-corrected chi connectivity index (χ4v) is 5.80. The van der Waals surface area contributed by atoms with Crippen LogP contribution in [0.2, 0.25) is 0 Å². The van der Waals surface area contributed by atoms with Crippen molar-refractivity contribution < 1.29 is 22.9 Å². The van der Waals surface area contributed by atoms with Crippen LogP contribution in [-0.4, -0.2) is 68.2 Å². The summed E-state index contributed by atoms with van der Waals surface area (Å²) >= 11 is 0. The minimum atomic E-state index is -3.91. The highest BCUT2D eigenvalue weighted by Gasteiger charge is 2.41. The molecule has 34 heavy (non-hydrogen) atoms. The van der Waals surface area contributed by atoms with Crippen molar-refractivity contribution in [3.05, 3.63) is 65.4 Å². The maximum Gasteiger partial charge on any atom is 0.293 e. The van der Waals surface area contributed by atoms with Crippen LogP contribution in [0.3, 0.4) is 0 Å². The van der Waals surface area contributed by atoms with Crippen molar-refractivity contribution in [2.24, 2.45) is 5.28 Å². The maximum absolute atomic E-state index is 13.6. The van der Waals surface area contributed by atoms with Gasteiger partial charge in [-0.3, -0.25) is 4.79 Å². The van der Waals surface area contributed by atoms with Gasteiger partial charge in [-0.25, -0.2) is 8.42 Å². The molecule has 1 saturated heterocycles. The highest BCUT2D eigenvalue weighted by molar-refractivity contribution is 7.89. The standard InChI is InChI=1S/C23H31N5O5S/c1-4-25(5-2)20-14-12-19(13-15-20)23-26(22(29)18-28(30)24-33-3)16-9-17-27(23)34(31,32)21-10-7-6-8-11-21/h6-8,10-15,23H,4-5,9,16-18H2,1-3H3/b28-24-. The second-order valence-electron chi connectivity index (χ2n) is 7.78. The topological polar surface area (TPSA) is 109 Å². The van der Waals surface area contributed by atoms with Crippen LogP contribution in [0.1, 0.15) is 32.0 Å². The number of hydroxylamine groups is 1. The first-order valence-corrected chi connectivity index (χ1v) is 12.7. The van der Waals surface area contributed by atoms with E-state index in [1.807, 2.05) is 24.3 Å². The minimum Gasteiger partial charge on any atom is -0.597 e. The van der Waals surface area contributed by atoms with Crippen LogP contribution in [0.4, 0.5) is 5.69 Å². The van der Waals surface area contributed by atoms with Gasteiger partial charge in [-0.2, -0.15) is 4.31 Å². The third-order valence-electron chi connectivity index (χ3n) is 5.78. The van der Waals surface area contributed by atoms with Crippen LogP contribution in [0.25, 0.3) is 0 Å². The van der Waals surface area contributed by atoms with E-state index in [1.165, 1.54) is 28.4 Å². The molecule has 1 amide bonds. The number of carbonyl (C=O) groups is 1. The van der Waals surface area contributed by atoms with Gasteiger partial charge in [0, 0.05) is 31.9 Å². The lowest BCUT2D eigenvalue weighted by atomic mass is 10.1. The van der Waals surface area contributed by atoms with Crippen LogP contribution in [-0.2, 0) is 19.7 Å². The minimum absolute atomic E-state index is 0.146. The number of anilines is 1. The van der Waals surface area contributed by atoms with Crippen molar-refractivity contribution in [2.45, 2.75) is 31.3 Å². The Morgan fingerprint density at radius 1 is 1.12 bits per heavy atom. The number of hydrogen-bond donors (Lipinski definition) is 0. The fourth-order valence-electron chi connectivity index (χ4n) is 4.16. The van der Waals surface area contributed by atoms with E-state index in [0.29, 0.717) is 18.5 Å². The number of nitrogens with zero attached hydrogens (tertiary/aromatic N) is 5. The van der Waals surface area contributed by atoms with E-state index in [9.17, 15) is 18.4 Å². The summed E-state index contributed by atoms with van der Waals surface area (Å²) in [5.74, 6) is -0.540. The second kappa shape index (κ2) is 11.3. The molecule has 0 aliphatic carbocycles. The van der Waals surface area contributed by atoms with Crippen LogP contribution >= 0.6 is 0 Å². The van der Waals surface area contributed by atoms with Crippen molar-refractivity contribution in [3.8, 4) is 0 Å². The molecule has 1 fully saturated rings. The number of rotatable bonds is 9. The van der Waals surface area contributed by atoms with Crippen LogP contribution < -0.4 is 4.90 Å². The lowest BCUT2D eigenvalue weighted by Gasteiger charge is -2.42. The number of carbonyl (C=O) groups excluding carboxylic acids is 1. The molecule has 0 N–H and O–H groups in total. The summed E-state index contributed by atoms with van der Waals surface area (Å²) in [6.45, 7) is 5.76. The fraction of sp³-hybridized carbons (Fsp3) is 0.435. The summed E-state index contributed by atoms with van der Waals surface area (Å²) in [5, 5.41) is 15.1. The molecular weight excluding hydrogens is 458 g/mol. The zero-order chi connectivity index (χ0) is 24.7. The Morgan fingerprint density at radius 2 is 1.76 bits per heavy atom. The first-order valence-electron chi connectivity index (χ1n) is 11.2. The number of amides is 1. The Hall–Kier alpha value is -3.18. The van der Waals surface area contributed by atoms with E-state index in [1.54, 1.807) is 18.2 Å². The summed E-state index contributed by atoms with van der Waals surface area (Å²) in [4.78, 5) is 21.4. The molecule has 0 radical (unpaired) electrons. The maximum atomic E-state index is 13.6. The number of sulfonamides is 1. The second-order valence-corrected chi connectivity index (χ2v) is 9.67. The van der Waals surface area contributed by atoms with Gasteiger partial charge in [0.25, 0.3) is 12.5 Å². The van der Waals surface area contributed by atoms with Crippen molar-refractivity contribution >= 4 is 21.6 Å². The molecule has 1 aliphatic heterocycles. The molecule has 1 atom stereocenters. The monoisotopic (exact) mass is 489 g/mol. The van der Waals surface area contributed by atoms with E-state index in [-0.39, 0.29) is 16.3 Å². The summed E-state index contributed by atoms with van der Waals surface area (Å²) < 4.78 is 28.5. The molecule has 3 rings (SSSR count). The Kier molecular flexibility index (Phi) is 8.46. The molecule has 1 aliphatic rings. The van der Waals surface area contributed by atoms with Gasteiger partial charge in [0.15, 0.2) is 5.28 Å². The quantitative estimate of drug-likeness (QED) is 0.304. The van der Waals surface area contributed by atoms with Gasteiger partial charge in [-0.05, 0) is 55.0 Å². The molecule has 1 heterocycles. The smallest absolute Gasteiger partial charge is 0.293 e. The van der Waals surface area contributed by atoms with Gasteiger partial charge < -0.3 is 19.8 Å². The van der Waals surface area contributed by atoms with E-state index in [2.05, 4.69) is 28.9 Å². The summed E-state index contributed by atoms with van der Waals surface area (Å²) in [6, 6.07) is 15.7. The Balaban J connectivity index is 2.04. The zero-order valence-electron chi connectivity index (χ0n) is 19.7. The van der Waals surface area contributed by atoms with Crippen molar-refractivity contribution in [1.82, 2.24) is 9.21 Å². The molecule has 0 bridgehead atoms. The lowest BCUT2D eigenvalue weighted by Crippen LogP contribution is -2.53. The Labute approximate surface area is 200 Å². The SMILES string of the molecule is CCN(CC)c1ccc(C2N(C(=O)C/[N+]([O-])=N/OC)CCCN2S(=O)(=O)c2ccccc2)cc1. The highest BCUT2D eigenvalue weighted by atomic mass is 32.2. The number of benzene rings is 2. The molecule has 0 saturated carbocycles. The van der Waals surface area contributed by atoms with E-state index in [0.717, 1.165) is 18.8 Å². The predicted molar refractivity (Wildman–Crippen MR) is 127 cm³/mol. The molecular formula is C23H31N5O5S. The normalized spacial score (nSPS) is 17.4. The van der Waals surface area contributed by atoms with E-state index in [4.69, 9.17) is 0 Å². The van der Waals surface area contributed by atoms with Gasteiger partial charge >= 0.3 is 0 Å². The van der Waals surface area contributed by atoms with Crippen molar-refractivity contribution in [2.75, 3.05) is 44.7 Å². The van der Waals surface area contributed by atoms with Gasteiger partial charge in [0.2, 0.25) is 10.0 Å². The van der Waals surface area contributed by atoms with Crippen molar-refractivity contribution in [3.63, 3.8) is 0 Å². The van der Waals surface area contributed by atoms with Crippen LogP contribution in [0.5, 0.6) is 0 Å².